The molecule has 6 nitrogen and oxygen atoms in total. The molecule has 0 bridgehead atoms. The molecule has 0 radical (unpaired) electrons. The van der Waals surface area contributed by atoms with Crippen LogP contribution in [0.25, 0.3) is 11.0 Å². The summed E-state index contributed by atoms with van der Waals surface area (Å²) in [4.78, 5) is 8.40. The molecular formula is C12H17N5O. The number of ether oxygens (including phenoxy) is 1. The van der Waals surface area contributed by atoms with E-state index in [9.17, 15) is 0 Å². The highest BCUT2D eigenvalue weighted by Gasteiger charge is 2.15. The predicted molar refractivity (Wildman–Crippen MR) is 67.4 cm³/mol. The number of nitrogens with zero attached hydrogens (tertiary/aromatic N) is 4. The van der Waals surface area contributed by atoms with Crippen LogP contribution in [0, 0.1) is 5.92 Å². The van der Waals surface area contributed by atoms with E-state index in [1.54, 1.807) is 10.9 Å². The molecule has 0 atom stereocenters. The number of aryl methyl sites for hydroxylation is 1. The summed E-state index contributed by atoms with van der Waals surface area (Å²) in [6, 6.07) is 0. The zero-order chi connectivity index (χ0) is 12.4. The second kappa shape index (κ2) is 4.89. The number of hydrogen-bond donors (Lipinski definition) is 1. The quantitative estimate of drug-likeness (QED) is 0.866. The molecular weight excluding hydrogens is 230 g/mol. The van der Waals surface area contributed by atoms with E-state index in [1.807, 2.05) is 7.05 Å². The molecule has 2 aromatic rings. The Bertz CT molecular complexity index is 532. The van der Waals surface area contributed by atoms with Gasteiger partial charge in [-0.2, -0.15) is 5.10 Å². The third-order valence-corrected chi connectivity index (χ3v) is 3.41. The Morgan fingerprint density at radius 3 is 3.06 bits per heavy atom. The second-order valence-electron chi connectivity index (χ2n) is 4.69. The van der Waals surface area contributed by atoms with Crippen LogP contribution in [-0.2, 0) is 7.05 Å². The number of piperidine rings is 1. The molecule has 2 aromatic heterocycles. The Labute approximate surface area is 105 Å². The number of fused-ring (bicyclic) bond motifs is 1. The molecule has 1 fully saturated rings. The molecule has 96 valence electrons. The fourth-order valence-electron chi connectivity index (χ4n) is 2.30. The first-order valence-electron chi connectivity index (χ1n) is 6.31. The molecule has 0 aliphatic carbocycles. The SMILES string of the molecule is Cn1ncc2c(OCC3CCNCC3)ncnc21. The molecule has 3 rings (SSSR count). The van der Waals surface area contributed by atoms with E-state index in [2.05, 4.69) is 20.4 Å². The molecule has 1 N–H and O–H groups in total. The fourth-order valence-corrected chi connectivity index (χ4v) is 2.30. The molecule has 0 saturated carbocycles. The van der Waals surface area contributed by atoms with Crippen LogP contribution in [-0.4, -0.2) is 39.4 Å². The number of hydrogen-bond acceptors (Lipinski definition) is 5. The molecule has 0 amide bonds. The minimum Gasteiger partial charge on any atom is -0.477 e. The maximum atomic E-state index is 5.84. The van der Waals surface area contributed by atoms with E-state index in [1.165, 1.54) is 19.2 Å². The van der Waals surface area contributed by atoms with Gasteiger partial charge in [-0.3, -0.25) is 4.68 Å². The number of rotatable bonds is 3. The van der Waals surface area contributed by atoms with Crippen molar-refractivity contribution in [2.45, 2.75) is 12.8 Å². The molecule has 18 heavy (non-hydrogen) atoms. The van der Waals surface area contributed by atoms with Crippen LogP contribution in [0.5, 0.6) is 5.88 Å². The van der Waals surface area contributed by atoms with Crippen LogP contribution >= 0.6 is 0 Å². The van der Waals surface area contributed by atoms with Gasteiger partial charge in [0, 0.05) is 7.05 Å². The van der Waals surface area contributed by atoms with Crippen LogP contribution in [0.2, 0.25) is 0 Å². The summed E-state index contributed by atoms with van der Waals surface area (Å²) in [6.07, 6.45) is 5.62. The maximum absolute atomic E-state index is 5.84. The van der Waals surface area contributed by atoms with Crippen LogP contribution in [0.1, 0.15) is 12.8 Å². The highest BCUT2D eigenvalue weighted by atomic mass is 16.5. The fraction of sp³-hybridized carbons (Fsp3) is 0.583. The van der Waals surface area contributed by atoms with Gasteiger partial charge in [0.05, 0.1) is 12.8 Å². The number of aromatic nitrogens is 4. The lowest BCUT2D eigenvalue weighted by Gasteiger charge is -2.22. The first-order chi connectivity index (χ1) is 8.84. The Morgan fingerprint density at radius 1 is 1.39 bits per heavy atom. The van der Waals surface area contributed by atoms with Crippen molar-refractivity contribution in [2.75, 3.05) is 19.7 Å². The van der Waals surface area contributed by atoms with E-state index in [0.29, 0.717) is 11.8 Å². The zero-order valence-electron chi connectivity index (χ0n) is 10.5. The van der Waals surface area contributed by atoms with Crippen molar-refractivity contribution in [1.82, 2.24) is 25.1 Å². The average molecular weight is 247 g/mol. The summed E-state index contributed by atoms with van der Waals surface area (Å²) in [5, 5.41) is 8.41. The van der Waals surface area contributed by atoms with Gasteiger partial charge >= 0.3 is 0 Å². The lowest BCUT2D eigenvalue weighted by molar-refractivity contribution is 0.211. The highest BCUT2D eigenvalue weighted by molar-refractivity contribution is 5.79. The van der Waals surface area contributed by atoms with E-state index in [4.69, 9.17) is 4.74 Å². The normalized spacial score (nSPS) is 17.2. The summed E-state index contributed by atoms with van der Waals surface area (Å²) in [6.45, 7) is 2.89. The largest absolute Gasteiger partial charge is 0.477 e. The Morgan fingerprint density at radius 2 is 2.22 bits per heavy atom. The zero-order valence-corrected chi connectivity index (χ0v) is 10.5. The molecule has 0 unspecified atom stereocenters. The van der Waals surface area contributed by atoms with Crippen molar-refractivity contribution < 1.29 is 4.74 Å². The van der Waals surface area contributed by atoms with Gasteiger partial charge in [0.15, 0.2) is 5.65 Å². The lowest BCUT2D eigenvalue weighted by atomic mass is 9.99. The summed E-state index contributed by atoms with van der Waals surface area (Å²) in [7, 11) is 1.87. The molecule has 0 spiro atoms. The van der Waals surface area contributed by atoms with Gasteiger partial charge in [0.1, 0.15) is 11.7 Å². The van der Waals surface area contributed by atoms with Gasteiger partial charge in [-0.15, -0.1) is 0 Å². The highest BCUT2D eigenvalue weighted by Crippen LogP contribution is 2.21. The van der Waals surface area contributed by atoms with Gasteiger partial charge in [-0.25, -0.2) is 9.97 Å². The van der Waals surface area contributed by atoms with E-state index in [-0.39, 0.29) is 0 Å². The first-order valence-corrected chi connectivity index (χ1v) is 6.31. The standard InChI is InChI=1S/C12H17N5O/c1-17-11-10(6-16-17)12(15-8-14-11)18-7-9-2-4-13-5-3-9/h6,8-9,13H,2-5,7H2,1H3. The van der Waals surface area contributed by atoms with Crippen molar-refractivity contribution in [3.8, 4) is 5.88 Å². The van der Waals surface area contributed by atoms with E-state index in [0.717, 1.165) is 30.7 Å². The summed E-state index contributed by atoms with van der Waals surface area (Å²) >= 11 is 0. The van der Waals surface area contributed by atoms with Crippen molar-refractivity contribution in [3.05, 3.63) is 12.5 Å². The monoisotopic (exact) mass is 247 g/mol. The topological polar surface area (TPSA) is 64.9 Å². The number of nitrogens with one attached hydrogen (secondary N) is 1. The lowest BCUT2D eigenvalue weighted by Crippen LogP contribution is -2.30. The molecule has 1 saturated heterocycles. The summed E-state index contributed by atoms with van der Waals surface area (Å²) < 4.78 is 7.57. The maximum Gasteiger partial charge on any atom is 0.227 e. The van der Waals surface area contributed by atoms with Crippen molar-refractivity contribution >= 4 is 11.0 Å². The van der Waals surface area contributed by atoms with Crippen LogP contribution in [0.15, 0.2) is 12.5 Å². The van der Waals surface area contributed by atoms with Crippen molar-refractivity contribution in [2.24, 2.45) is 13.0 Å². The van der Waals surface area contributed by atoms with Crippen LogP contribution in [0.4, 0.5) is 0 Å². The van der Waals surface area contributed by atoms with Crippen molar-refractivity contribution in [3.63, 3.8) is 0 Å². The minimum absolute atomic E-state index is 0.618. The molecule has 3 heterocycles. The van der Waals surface area contributed by atoms with Gasteiger partial charge in [0.2, 0.25) is 5.88 Å². The van der Waals surface area contributed by atoms with Crippen LogP contribution in [0.3, 0.4) is 0 Å². The van der Waals surface area contributed by atoms with E-state index < -0.39 is 0 Å². The smallest absolute Gasteiger partial charge is 0.227 e. The molecule has 1 aliphatic rings. The first kappa shape index (κ1) is 11.4. The van der Waals surface area contributed by atoms with Crippen molar-refractivity contribution in [1.29, 1.82) is 0 Å². The summed E-state index contributed by atoms with van der Waals surface area (Å²) in [5.74, 6) is 1.26. The average Bonchev–Trinajstić information content (AvgIpc) is 2.80. The molecule has 6 heteroatoms. The predicted octanol–water partition coefficient (Wildman–Crippen LogP) is 0.742. The van der Waals surface area contributed by atoms with Gasteiger partial charge in [-0.1, -0.05) is 0 Å². The Kier molecular flexibility index (Phi) is 3.10. The third kappa shape index (κ3) is 2.15. The van der Waals surface area contributed by atoms with Crippen LogP contribution < -0.4 is 10.1 Å². The van der Waals surface area contributed by atoms with Gasteiger partial charge in [-0.05, 0) is 31.8 Å². The summed E-state index contributed by atoms with van der Waals surface area (Å²) in [5.41, 5.74) is 0.810. The molecule has 0 aromatic carbocycles. The van der Waals surface area contributed by atoms with Gasteiger partial charge < -0.3 is 10.1 Å². The molecule has 1 aliphatic heterocycles. The second-order valence-corrected chi connectivity index (χ2v) is 4.69. The Hall–Kier alpha value is -1.69. The minimum atomic E-state index is 0.618. The van der Waals surface area contributed by atoms with E-state index >= 15 is 0 Å². The Balaban J connectivity index is 1.74. The third-order valence-electron chi connectivity index (χ3n) is 3.41. The van der Waals surface area contributed by atoms with Gasteiger partial charge in [0.25, 0.3) is 0 Å².